The fourth-order valence-electron chi connectivity index (χ4n) is 1.59. The van der Waals surface area contributed by atoms with Gasteiger partial charge in [-0.15, -0.1) is 0 Å². The summed E-state index contributed by atoms with van der Waals surface area (Å²) in [6.45, 7) is 2.18. The van der Waals surface area contributed by atoms with Crippen LogP contribution in [0.1, 0.15) is 11.1 Å². The molecule has 2 rings (SSSR count). The van der Waals surface area contributed by atoms with Crippen LogP contribution in [0, 0.1) is 12.7 Å². The summed E-state index contributed by atoms with van der Waals surface area (Å²) in [5.74, 6) is 0.678. The van der Waals surface area contributed by atoms with E-state index in [0.29, 0.717) is 23.1 Å². The number of halogens is 2. The Hall–Kier alpha value is -1.58. The van der Waals surface area contributed by atoms with Crippen molar-refractivity contribution in [1.82, 2.24) is 0 Å². The number of ether oxygens (including phenoxy) is 1. The van der Waals surface area contributed by atoms with Crippen LogP contribution in [-0.4, -0.2) is 0 Å². The summed E-state index contributed by atoms with van der Waals surface area (Å²) in [6.07, 6.45) is 0. The van der Waals surface area contributed by atoms with E-state index in [1.807, 2.05) is 6.92 Å². The predicted molar refractivity (Wildman–Crippen MR) is 70.6 cm³/mol. The van der Waals surface area contributed by atoms with E-state index in [2.05, 4.69) is 0 Å². The van der Waals surface area contributed by atoms with Crippen LogP contribution in [-0.2, 0) is 6.54 Å². The van der Waals surface area contributed by atoms with Gasteiger partial charge in [0.2, 0.25) is 0 Å². The Morgan fingerprint density at radius 3 is 2.67 bits per heavy atom. The van der Waals surface area contributed by atoms with Crippen LogP contribution in [0.25, 0.3) is 0 Å². The number of rotatable bonds is 3. The molecular weight excluding hydrogens is 253 g/mol. The van der Waals surface area contributed by atoms with E-state index in [4.69, 9.17) is 22.1 Å². The van der Waals surface area contributed by atoms with E-state index in [1.165, 1.54) is 12.1 Å². The van der Waals surface area contributed by atoms with Gasteiger partial charge in [0.05, 0.1) is 0 Å². The highest BCUT2D eigenvalue weighted by molar-refractivity contribution is 6.30. The van der Waals surface area contributed by atoms with Crippen LogP contribution < -0.4 is 10.5 Å². The molecule has 0 unspecified atom stereocenters. The van der Waals surface area contributed by atoms with Crippen LogP contribution in [0.15, 0.2) is 36.4 Å². The van der Waals surface area contributed by atoms with E-state index in [1.54, 1.807) is 24.3 Å². The van der Waals surface area contributed by atoms with E-state index in [9.17, 15) is 4.39 Å². The van der Waals surface area contributed by atoms with Gasteiger partial charge in [0, 0.05) is 23.2 Å². The molecule has 0 amide bonds. The van der Waals surface area contributed by atoms with Crippen LogP contribution in [0.2, 0.25) is 5.02 Å². The quantitative estimate of drug-likeness (QED) is 0.909. The number of nitrogens with two attached hydrogens (primary N) is 1. The van der Waals surface area contributed by atoms with Gasteiger partial charge in [-0.25, -0.2) is 4.39 Å². The zero-order valence-corrected chi connectivity index (χ0v) is 10.7. The molecule has 2 nitrogen and oxygen atoms in total. The van der Waals surface area contributed by atoms with Crippen molar-refractivity contribution in [2.24, 2.45) is 5.73 Å². The molecule has 2 N–H and O–H groups in total. The van der Waals surface area contributed by atoms with Crippen molar-refractivity contribution in [3.8, 4) is 11.5 Å². The third-order valence-electron chi connectivity index (χ3n) is 2.62. The third kappa shape index (κ3) is 2.81. The average Bonchev–Trinajstić information content (AvgIpc) is 2.34. The first-order valence-corrected chi connectivity index (χ1v) is 5.90. The Morgan fingerprint density at radius 1 is 1.17 bits per heavy atom. The van der Waals surface area contributed by atoms with Gasteiger partial charge >= 0.3 is 0 Å². The van der Waals surface area contributed by atoms with Gasteiger partial charge in [0.25, 0.3) is 0 Å². The largest absolute Gasteiger partial charge is 0.457 e. The molecule has 0 aromatic heterocycles. The highest BCUT2D eigenvalue weighted by Gasteiger charge is 2.08. The van der Waals surface area contributed by atoms with Crippen molar-refractivity contribution in [3.05, 3.63) is 58.4 Å². The Labute approximate surface area is 110 Å². The Balaban J connectivity index is 2.38. The normalized spacial score (nSPS) is 10.4. The van der Waals surface area contributed by atoms with Gasteiger partial charge in [0.1, 0.15) is 17.3 Å². The Morgan fingerprint density at radius 2 is 1.94 bits per heavy atom. The second kappa shape index (κ2) is 5.38. The predicted octanol–water partition coefficient (Wildman–Crippen LogP) is 4.04. The maximum Gasteiger partial charge on any atom is 0.133 e. The fraction of sp³-hybridized carbons (Fsp3) is 0.143. The minimum atomic E-state index is -0.341. The lowest BCUT2D eigenvalue weighted by molar-refractivity contribution is 0.467. The molecule has 0 fully saturated rings. The van der Waals surface area contributed by atoms with Crippen molar-refractivity contribution >= 4 is 11.6 Å². The monoisotopic (exact) mass is 265 g/mol. The standard InChI is InChI=1S/C14H13ClFNO/c1-9-2-5-12(16)7-13(9)18-14-6-11(15)4-3-10(14)8-17/h2-7H,8,17H2,1H3. The molecule has 2 aromatic carbocycles. The first-order valence-electron chi connectivity index (χ1n) is 5.52. The molecule has 0 radical (unpaired) electrons. The third-order valence-corrected chi connectivity index (χ3v) is 2.85. The molecule has 18 heavy (non-hydrogen) atoms. The van der Waals surface area contributed by atoms with E-state index >= 15 is 0 Å². The summed E-state index contributed by atoms with van der Waals surface area (Å²) >= 11 is 5.92. The molecular formula is C14H13ClFNO. The smallest absolute Gasteiger partial charge is 0.133 e. The molecule has 2 aromatic rings. The molecule has 0 aliphatic rings. The lowest BCUT2D eigenvalue weighted by Crippen LogP contribution is -2.00. The van der Waals surface area contributed by atoms with E-state index in [0.717, 1.165) is 11.1 Å². The molecule has 0 bridgehead atoms. The number of hydrogen-bond donors (Lipinski definition) is 1. The molecule has 0 heterocycles. The van der Waals surface area contributed by atoms with E-state index < -0.39 is 0 Å². The van der Waals surface area contributed by atoms with Gasteiger partial charge in [-0.1, -0.05) is 23.7 Å². The van der Waals surface area contributed by atoms with Gasteiger partial charge in [-0.3, -0.25) is 0 Å². The van der Waals surface area contributed by atoms with Crippen LogP contribution in [0.4, 0.5) is 4.39 Å². The van der Waals surface area contributed by atoms with Crippen LogP contribution >= 0.6 is 11.6 Å². The molecule has 4 heteroatoms. The van der Waals surface area contributed by atoms with Crippen molar-refractivity contribution in [3.63, 3.8) is 0 Å². The molecule has 0 atom stereocenters. The second-order valence-electron chi connectivity index (χ2n) is 3.97. The van der Waals surface area contributed by atoms with Gasteiger partial charge in [-0.05, 0) is 30.7 Å². The zero-order chi connectivity index (χ0) is 13.1. The highest BCUT2D eigenvalue weighted by Crippen LogP contribution is 2.30. The van der Waals surface area contributed by atoms with Crippen LogP contribution in [0.3, 0.4) is 0 Å². The molecule has 0 saturated heterocycles. The summed E-state index contributed by atoms with van der Waals surface area (Å²) in [4.78, 5) is 0. The second-order valence-corrected chi connectivity index (χ2v) is 4.40. The number of hydrogen-bond acceptors (Lipinski definition) is 2. The fourth-order valence-corrected chi connectivity index (χ4v) is 1.76. The summed E-state index contributed by atoms with van der Waals surface area (Å²) < 4.78 is 18.9. The van der Waals surface area contributed by atoms with Crippen molar-refractivity contribution in [2.75, 3.05) is 0 Å². The lowest BCUT2D eigenvalue weighted by atomic mass is 10.2. The number of aryl methyl sites for hydroxylation is 1. The maximum absolute atomic E-state index is 13.2. The Kier molecular flexibility index (Phi) is 3.84. The van der Waals surface area contributed by atoms with Gasteiger partial charge < -0.3 is 10.5 Å². The summed E-state index contributed by atoms with van der Waals surface area (Å²) in [5, 5.41) is 0.552. The maximum atomic E-state index is 13.2. The number of benzene rings is 2. The summed E-state index contributed by atoms with van der Waals surface area (Å²) in [7, 11) is 0. The minimum absolute atomic E-state index is 0.334. The lowest BCUT2D eigenvalue weighted by Gasteiger charge is -2.12. The SMILES string of the molecule is Cc1ccc(F)cc1Oc1cc(Cl)ccc1CN. The van der Waals surface area contributed by atoms with Gasteiger partial charge in [0.15, 0.2) is 0 Å². The topological polar surface area (TPSA) is 35.2 Å². The minimum Gasteiger partial charge on any atom is -0.457 e. The van der Waals surface area contributed by atoms with Crippen molar-refractivity contribution in [1.29, 1.82) is 0 Å². The van der Waals surface area contributed by atoms with Crippen LogP contribution in [0.5, 0.6) is 11.5 Å². The van der Waals surface area contributed by atoms with Gasteiger partial charge in [-0.2, -0.15) is 0 Å². The average molecular weight is 266 g/mol. The van der Waals surface area contributed by atoms with E-state index in [-0.39, 0.29) is 5.82 Å². The summed E-state index contributed by atoms with van der Waals surface area (Å²) in [5.41, 5.74) is 7.29. The van der Waals surface area contributed by atoms with Crippen molar-refractivity contribution in [2.45, 2.75) is 13.5 Å². The Bertz CT molecular complexity index is 572. The molecule has 0 aliphatic carbocycles. The molecule has 0 spiro atoms. The molecule has 0 saturated carbocycles. The zero-order valence-electron chi connectivity index (χ0n) is 9.91. The molecule has 94 valence electrons. The first kappa shape index (κ1) is 12.9. The molecule has 0 aliphatic heterocycles. The summed E-state index contributed by atoms with van der Waals surface area (Å²) in [6, 6.07) is 9.62. The first-order chi connectivity index (χ1) is 8.60. The highest BCUT2D eigenvalue weighted by atomic mass is 35.5. The van der Waals surface area contributed by atoms with Crippen molar-refractivity contribution < 1.29 is 9.13 Å².